The molecule has 20 heavy (non-hydrogen) atoms. The molecule has 0 atom stereocenters. The predicted molar refractivity (Wildman–Crippen MR) is 74.6 cm³/mol. The molecule has 0 bridgehead atoms. The molecule has 0 aliphatic heterocycles. The zero-order chi connectivity index (χ0) is 14.3. The summed E-state index contributed by atoms with van der Waals surface area (Å²) >= 11 is 0. The van der Waals surface area contributed by atoms with Gasteiger partial charge in [-0.25, -0.2) is 9.97 Å². The van der Waals surface area contributed by atoms with Crippen LogP contribution >= 0.6 is 0 Å². The van der Waals surface area contributed by atoms with Gasteiger partial charge < -0.3 is 0 Å². The Kier molecular flexibility index (Phi) is 2.71. The molecule has 2 aromatic heterocycles. The van der Waals surface area contributed by atoms with E-state index in [2.05, 4.69) is 9.97 Å². The molecular formula is C14H12N4O2. The standard InChI is InChI=1S/C14H12N4O2/c1-9-6-15-14-16-12(8-17(14)7-9)11-4-3-10(2)13(5-11)18(19)20/h3-8H,1-2H3. The highest BCUT2D eigenvalue weighted by Gasteiger charge is 2.13. The van der Waals surface area contributed by atoms with Gasteiger partial charge in [0.05, 0.1) is 10.6 Å². The SMILES string of the molecule is Cc1cnc2nc(-c3ccc(C)c([N+](=O)[O-])c3)cn2c1. The highest BCUT2D eigenvalue weighted by Crippen LogP contribution is 2.26. The van der Waals surface area contributed by atoms with Crippen molar-refractivity contribution in [2.45, 2.75) is 13.8 Å². The topological polar surface area (TPSA) is 73.3 Å². The van der Waals surface area contributed by atoms with Crippen LogP contribution in [0.5, 0.6) is 0 Å². The Hall–Kier alpha value is -2.76. The quantitative estimate of drug-likeness (QED) is 0.529. The number of benzene rings is 1. The fourth-order valence-corrected chi connectivity index (χ4v) is 2.09. The van der Waals surface area contributed by atoms with Crippen LogP contribution in [-0.2, 0) is 0 Å². The molecule has 0 fully saturated rings. The summed E-state index contributed by atoms with van der Waals surface area (Å²) < 4.78 is 1.82. The van der Waals surface area contributed by atoms with E-state index in [9.17, 15) is 10.1 Å². The molecular weight excluding hydrogens is 256 g/mol. The van der Waals surface area contributed by atoms with Crippen LogP contribution in [0, 0.1) is 24.0 Å². The van der Waals surface area contributed by atoms with Crippen molar-refractivity contribution in [3.63, 3.8) is 0 Å². The number of nitro groups is 1. The van der Waals surface area contributed by atoms with E-state index >= 15 is 0 Å². The average Bonchev–Trinajstić information content (AvgIpc) is 2.81. The minimum atomic E-state index is -0.378. The molecule has 0 radical (unpaired) electrons. The maximum Gasteiger partial charge on any atom is 0.272 e. The van der Waals surface area contributed by atoms with Gasteiger partial charge in [-0.05, 0) is 19.4 Å². The molecule has 0 N–H and O–H groups in total. The van der Waals surface area contributed by atoms with E-state index in [-0.39, 0.29) is 10.6 Å². The number of aromatic nitrogens is 3. The highest BCUT2D eigenvalue weighted by atomic mass is 16.6. The summed E-state index contributed by atoms with van der Waals surface area (Å²) in [6.45, 7) is 3.67. The summed E-state index contributed by atoms with van der Waals surface area (Å²) in [4.78, 5) is 19.2. The first-order valence-corrected chi connectivity index (χ1v) is 6.11. The van der Waals surface area contributed by atoms with Crippen molar-refractivity contribution in [2.24, 2.45) is 0 Å². The second-order valence-electron chi connectivity index (χ2n) is 4.72. The zero-order valence-corrected chi connectivity index (χ0v) is 11.1. The van der Waals surface area contributed by atoms with Gasteiger partial charge in [-0.2, -0.15) is 0 Å². The summed E-state index contributed by atoms with van der Waals surface area (Å²) in [5.74, 6) is 0.578. The average molecular weight is 268 g/mol. The lowest BCUT2D eigenvalue weighted by Crippen LogP contribution is -1.92. The number of rotatable bonds is 2. The molecule has 0 aliphatic carbocycles. The maximum absolute atomic E-state index is 11.0. The van der Waals surface area contributed by atoms with Crippen LogP contribution in [-0.4, -0.2) is 19.3 Å². The summed E-state index contributed by atoms with van der Waals surface area (Å²) in [7, 11) is 0. The first kappa shape index (κ1) is 12.3. The van der Waals surface area contributed by atoms with Gasteiger partial charge in [0.1, 0.15) is 0 Å². The number of nitrogens with zero attached hydrogens (tertiary/aromatic N) is 4. The number of aryl methyl sites for hydroxylation is 2. The summed E-state index contributed by atoms with van der Waals surface area (Å²) in [5, 5.41) is 11.0. The molecule has 2 heterocycles. The Labute approximate surface area is 114 Å². The van der Waals surface area contributed by atoms with Crippen molar-refractivity contribution in [3.05, 3.63) is 58.0 Å². The van der Waals surface area contributed by atoms with E-state index < -0.39 is 0 Å². The van der Waals surface area contributed by atoms with E-state index in [0.717, 1.165) is 5.56 Å². The lowest BCUT2D eigenvalue weighted by molar-refractivity contribution is -0.385. The minimum Gasteiger partial charge on any atom is -0.290 e. The van der Waals surface area contributed by atoms with Crippen molar-refractivity contribution in [1.29, 1.82) is 0 Å². The molecule has 0 saturated heterocycles. The first-order valence-electron chi connectivity index (χ1n) is 6.11. The van der Waals surface area contributed by atoms with E-state index in [1.54, 1.807) is 25.3 Å². The van der Waals surface area contributed by atoms with E-state index in [1.165, 1.54) is 0 Å². The molecule has 100 valence electrons. The second kappa shape index (κ2) is 4.41. The monoisotopic (exact) mass is 268 g/mol. The molecule has 6 heteroatoms. The summed E-state index contributed by atoms with van der Waals surface area (Å²) in [5.41, 5.74) is 3.15. The van der Waals surface area contributed by atoms with Crippen LogP contribution in [0.1, 0.15) is 11.1 Å². The van der Waals surface area contributed by atoms with Gasteiger partial charge >= 0.3 is 0 Å². The lowest BCUT2D eigenvalue weighted by atomic mass is 10.1. The van der Waals surface area contributed by atoms with Crippen LogP contribution in [0.4, 0.5) is 5.69 Å². The van der Waals surface area contributed by atoms with Crippen molar-refractivity contribution in [3.8, 4) is 11.3 Å². The van der Waals surface area contributed by atoms with Gasteiger partial charge in [0.25, 0.3) is 5.69 Å². The van der Waals surface area contributed by atoms with E-state index in [0.29, 0.717) is 22.6 Å². The summed E-state index contributed by atoms with van der Waals surface area (Å²) in [6, 6.07) is 5.11. The molecule has 0 spiro atoms. The molecule has 6 nitrogen and oxygen atoms in total. The second-order valence-corrected chi connectivity index (χ2v) is 4.72. The van der Waals surface area contributed by atoms with Gasteiger partial charge in [0.2, 0.25) is 5.78 Å². The number of nitro benzene ring substituents is 1. The Morgan fingerprint density at radius 2 is 2.05 bits per heavy atom. The Morgan fingerprint density at radius 1 is 1.25 bits per heavy atom. The molecule has 0 unspecified atom stereocenters. The van der Waals surface area contributed by atoms with Crippen LogP contribution in [0.15, 0.2) is 36.8 Å². The molecule has 0 saturated carbocycles. The zero-order valence-electron chi connectivity index (χ0n) is 11.1. The van der Waals surface area contributed by atoms with Crippen LogP contribution in [0.2, 0.25) is 0 Å². The normalized spacial score (nSPS) is 10.9. The van der Waals surface area contributed by atoms with Crippen molar-refractivity contribution >= 4 is 11.5 Å². The summed E-state index contributed by atoms with van der Waals surface area (Å²) in [6.07, 6.45) is 5.48. The Balaban J connectivity index is 2.15. The fraction of sp³-hybridized carbons (Fsp3) is 0.143. The number of imidazole rings is 1. The van der Waals surface area contributed by atoms with Crippen molar-refractivity contribution in [1.82, 2.24) is 14.4 Å². The molecule has 0 aliphatic rings. The van der Waals surface area contributed by atoms with Crippen LogP contribution in [0.3, 0.4) is 0 Å². The fourth-order valence-electron chi connectivity index (χ4n) is 2.09. The number of hydrogen-bond acceptors (Lipinski definition) is 4. The molecule has 0 amide bonds. The van der Waals surface area contributed by atoms with E-state index in [1.807, 2.05) is 29.8 Å². The largest absolute Gasteiger partial charge is 0.290 e. The molecule has 1 aromatic carbocycles. The third kappa shape index (κ3) is 2.01. The van der Waals surface area contributed by atoms with Crippen molar-refractivity contribution in [2.75, 3.05) is 0 Å². The lowest BCUT2D eigenvalue weighted by Gasteiger charge is -1.99. The maximum atomic E-state index is 11.0. The van der Waals surface area contributed by atoms with E-state index in [4.69, 9.17) is 0 Å². The molecule has 3 rings (SSSR count). The van der Waals surface area contributed by atoms with Gasteiger partial charge in [0, 0.05) is 35.8 Å². The smallest absolute Gasteiger partial charge is 0.272 e. The predicted octanol–water partition coefficient (Wildman–Crippen LogP) is 2.92. The van der Waals surface area contributed by atoms with Gasteiger partial charge in [-0.15, -0.1) is 0 Å². The Morgan fingerprint density at radius 3 is 2.80 bits per heavy atom. The first-order chi connectivity index (χ1) is 9.54. The van der Waals surface area contributed by atoms with Gasteiger partial charge in [0.15, 0.2) is 0 Å². The highest BCUT2D eigenvalue weighted by molar-refractivity contribution is 5.65. The molecule has 3 aromatic rings. The van der Waals surface area contributed by atoms with Crippen LogP contribution in [0.25, 0.3) is 17.0 Å². The van der Waals surface area contributed by atoms with Crippen molar-refractivity contribution < 1.29 is 4.92 Å². The third-order valence-electron chi connectivity index (χ3n) is 3.14. The number of fused-ring (bicyclic) bond motifs is 1. The minimum absolute atomic E-state index is 0.101. The van der Waals surface area contributed by atoms with Gasteiger partial charge in [-0.1, -0.05) is 12.1 Å². The third-order valence-corrected chi connectivity index (χ3v) is 3.14. The number of hydrogen-bond donors (Lipinski definition) is 0. The van der Waals surface area contributed by atoms with Crippen LogP contribution < -0.4 is 0 Å². The van der Waals surface area contributed by atoms with Gasteiger partial charge in [-0.3, -0.25) is 14.5 Å². The Bertz CT molecular complexity index is 823.